The van der Waals surface area contributed by atoms with Gasteiger partial charge in [0, 0.05) is 43.1 Å². The second-order valence-electron chi connectivity index (χ2n) is 6.68. The van der Waals surface area contributed by atoms with Gasteiger partial charge in [0.05, 0.1) is 31.0 Å². The summed E-state index contributed by atoms with van der Waals surface area (Å²) in [4.78, 5) is 10.3. The SMILES string of the molecule is COc1ccc(CNS(=O)(=O)c2cc([N+](=O)[O-])ccc2-n2cc(CCO)cn2)c(OC)c1. The highest BCUT2D eigenvalue weighted by Gasteiger charge is 2.24. The Labute approximate surface area is 184 Å². The summed E-state index contributed by atoms with van der Waals surface area (Å²) in [5.74, 6) is 0.971. The highest BCUT2D eigenvalue weighted by molar-refractivity contribution is 7.89. The molecule has 32 heavy (non-hydrogen) atoms. The maximum Gasteiger partial charge on any atom is 0.270 e. The first kappa shape index (κ1) is 23.2. The van der Waals surface area contributed by atoms with Crippen LogP contribution in [0.25, 0.3) is 5.69 Å². The molecule has 12 heteroatoms. The average Bonchev–Trinajstić information content (AvgIpc) is 3.25. The predicted molar refractivity (Wildman–Crippen MR) is 115 cm³/mol. The molecule has 0 aliphatic heterocycles. The van der Waals surface area contributed by atoms with E-state index < -0.39 is 14.9 Å². The van der Waals surface area contributed by atoms with Crippen LogP contribution in [0.1, 0.15) is 11.1 Å². The van der Waals surface area contributed by atoms with E-state index in [1.54, 1.807) is 24.4 Å². The lowest BCUT2D eigenvalue weighted by atomic mass is 10.2. The number of rotatable bonds is 10. The Bertz CT molecular complexity index is 1220. The molecule has 1 heterocycles. The van der Waals surface area contributed by atoms with E-state index in [1.165, 1.54) is 37.2 Å². The van der Waals surface area contributed by atoms with E-state index in [-0.39, 0.29) is 29.4 Å². The number of nitro benzene ring substituents is 1. The van der Waals surface area contributed by atoms with Crippen LogP contribution in [-0.4, -0.2) is 49.1 Å². The second-order valence-corrected chi connectivity index (χ2v) is 8.41. The maximum absolute atomic E-state index is 13.1. The predicted octanol–water partition coefficient (Wildman–Crippen LogP) is 1.81. The molecule has 3 aromatic rings. The van der Waals surface area contributed by atoms with Crippen LogP contribution in [0.5, 0.6) is 11.5 Å². The zero-order valence-corrected chi connectivity index (χ0v) is 18.2. The fourth-order valence-electron chi connectivity index (χ4n) is 3.02. The minimum Gasteiger partial charge on any atom is -0.497 e. The van der Waals surface area contributed by atoms with Gasteiger partial charge in [-0.2, -0.15) is 5.10 Å². The summed E-state index contributed by atoms with van der Waals surface area (Å²) < 4.78 is 40.5. The monoisotopic (exact) mass is 462 g/mol. The fourth-order valence-corrected chi connectivity index (χ4v) is 4.23. The van der Waals surface area contributed by atoms with Crippen molar-refractivity contribution in [1.82, 2.24) is 14.5 Å². The van der Waals surface area contributed by atoms with Gasteiger partial charge in [-0.05, 0) is 24.1 Å². The first-order valence-electron chi connectivity index (χ1n) is 9.43. The normalized spacial score (nSPS) is 11.3. The molecule has 0 fully saturated rings. The Balaban J connectivity index is 1.98. The van der Waals surface area contributed by atoms with Crippen molar-refractivity contribution >= 4 is 15.7 Å². The van der Waals surface area contributed by atoms with Crippen molar-refractivity contribution in [2.45, 2.75) is 17.9 Å². The standard InChI is InChI=1S/C20H22N4O7S/c1-30-17-5-3-15(19(10-17)31-2)12-22-32(28,29)20-9-16(24(26)27)4-6-18(20)23-13-14(7-8-25)11-21-23/h3-6,9-11,13,22,25H,7-8,12H2,1-2H3. The molecule has 0 saturated carbocycles. The number of hydrogen-bond donors (Lipinski definition) is 2. The number of aliphatic hydroxyl groups excluding tert-OH is 1. The van der Waals surface area contributed by atoms with Gasteiger partial charge in [0.15, 0.2) is 0 Å². The minimum atomic E-state index is -4.19. The number of nitro groups is 1. The van der Waals surface area contributed by atoms with Crippen molar-refractivity contribution in [3.8, 4) is 17.2 Å². The molecule has 0 aliphatic carbocycles. The molecule has 0 spiro atoms. The van der Waals surface area contributed by atoms with Crippen LogP contribution < -0.4 is 14.2 Å². The molecule has 0 atom stereocenters. The molecule has 3 rings (SSSR count). The molecule has 0 radical (unpaired) electrons. The lowest BCUT2D eigenvalue weighted by Crippen LogP contribution is -2.25. The highest BCUT2D eigenvalue weighted by Crippen LogP contribution is 2.27. The third kappa shape index (κ3) is 5.04. The molecular weight excluding hydrogens is 440 g/mol. The number of nitrogens with one attached hydrogen (secondary N) is 1. The van der Waals surface area contributed by atoms with E-state index in [0.717, 1.165) is 6.07 Å². The van der Waals surface area contributed by atoms with E-state index in [4.69, 9.17) is 14.6 Å². The second kappa shape index (κ2) is 9.77. The van der Waals surface area contributed by atoms with E-state index in [0.29, 0.717) is 29.0 Å². The molecule has 11 nitrogen and oxygen atoms in total. The van der Waals surface area contributed by atoms with Crippen molar-refractivity contribution in [3.63, 3.8) is 0 Å². The summed E-state index contributed by atoms with van der Waals surface area (Å²) >= 11 is 0. The number of sulfonamides is 1. The van der Waals surface area contributed by atoms with Crippen LogP contribution >= 0.6 is 0 Å². The summed E-state index contributed by atoms with van der Waals surface area (Å²) in [6.07, 6.45) is 3.39. The molecular formula is C20H22N4O7S. The number of aromatic nitrogens is 2. The summed E-state index contributed by atoms with van der Waals surface area (Å²) in [7, 11) is -1.23. The molecule has 0 unspecified atom stereocenters. The van der Waals surface area contributed by atoms with Crippen LogP contribution in [0.3, 0.4) is 0 Å². The summed E-state index contributed by atoms with van der Waals surface area (Å²) in [6, 6.07) is 8.44. The summed E-state index contributed by atoms with van der Waals surface area (Å²) in [5.41, 5.74) is 0.992. The number of aliphatic hydroxyl groups is 1. The minimum absolute atomic E-state index is 0.0949. The maximum atomic E-state index is 13.1. The van der Waals surface area contributed by atoms with E-state index >= 15 is 0 Å². The van der Waals surface area contributed by atoms with Gasteiger partial charge in [0.1, 0.15) is 16.4 Å². The van der Waals surface area contributed by atoms with Crippen LogP contribution in [0.4, 0.5) is 5.69 Å². The number of hydrogen-bond acceptors (Lipinski definition) is 8. The third-order valence-electron chi connectivity index (χ3n) is 4.67. The van der Waals surface area contributed by atoms with Gasteiger partial charge < -0.3 is 14.6 Å². The summed E-state index contributed by atoms with van der Waals surface area (Å²) in [5, 5.41) is 24.5. The lowest BCUT2D eigenvalue weighted by Gasteiger charge is -2.14. The van der Waals surface area contributed by atoms with Gasteiger partial charge in [-0.1, -0.05) is 6.07 Å². The van der Waals surface area contributed by atoms with Gasteiger partial charge in [0.2, 0.25) is 10.0 Å². The molecule has 0 aliphatic rings. The van der Waals surface area contributed by atoms with E-state index in [1.807, 2.05) is 0 Å². The number of benzene rings is 2. The third-order valence-corrected chi connectivity index (χ3v) is 6.10. The van der Waals surface area contributed by atoms with Crippen molar-refractivity contribution < 1.29 is 27.9 Å². The first-order valence-corrected chi connectivity index (χ1v) is 10.9. The molecule has 1 aromatic heterocycles. The van der Waals surface area contributed by atoms with Crippen molar-refractivity contribution in [2.24, 2.45) is 0 Å². The topological polar surface area (TPSA) is 146 Å². The fraction of sp³-hybridized carbons (Fsp3) is 0.250. The van der Waals surface area contributed by atoms with Gasteiger partial charge in [-0.15, -0.1) is 0 Å². The average molecular weight is 462 g/mol. The van der Waals surface area contributed by atoms with Gasteiger partial charge in [-0.3, -0.25) is 10.1 Å². The number of ether oxygens (including phenoxy) is 2. The zero-order chi connectivity index (χ0) is 23.3. The van der Waals surface area contributed by atoms with Crippen LogP contribution in [0.15, 0.2) is 53.7 Å². The van der Waals surface area contributed by atoms with Crippen LogP contribution in [0.2, 0.25) is 0 Å². The molecule has 0 amide bonds. The van der Waals surface area contributed by atoms with Crippen molar-refractivity contribution in [3.05, 3.63) is 70.0 Å². The van der Waals surface area contributed by atoms with Crippen LogP contribution in [0, 0.1) is 10.1 Å². The Kier molecular flexibility index (Phi) is 7.08. The smallest absolute Gasteiger partial charge is 0.270 e. The molecule has 0 bridgehead atoms. The largest absolute Gasteiger partial charge is 0.497 e. The van der Waals surface area contributed by atoms with Crippen molar-refractivity contribution in [2.75, 3.05) is 20.8 Å². The lowest BCUT2D eigenvalue weighted by molar-refractivity contribution is -0.385. The zero-order valence-electron chi connectivity index (χ0n) is 17.4. The Morgan fingerprint density at radius 1 is 1.19 bits per heavy atom. The van der Waals surface area contributed by atoms with Crippen LogP contribution in [-0.2, 0) is 23.0 Å². The molecule has 170 valence electrons. The van der Waals surface area contributed by atoms with Gasteiger partial charge in [0.25, 0.3) is 5.69 Å². The molecule has 0 saturated heterocycles. The van der Waals surface area contributed by atoms with Crippen molar-refractivity contribution in [1.29, 1.82) is 0 Å². The first-order chi connectivity index (χ1) is 15.3. The molecule has 2 N–H and O–H groups in total. The Hall–Kier alpha value is -3.48. The Morgan fingerprint density at radius 3 is 2.62 bits per heavy atom. The Morgan fingerprint density at radius 2 is 1.97 bits per heavy atom. The number of methoxy groups -OCH3 is 2. The van der Waals surface area contributed by atoms with Gasteiger partial charge >= 0.3 is 0 Å². The number of non-ortho nitro benzene ring substituents is 1. The summed E-state index contributed by atoms with van der Waals surface area (Å²) in [6.45, 7) is -0.213. The van der Waals surface area contributed by atoms with Gasteiger partial charge in [-0.25, -0.2) is 17.8 Å². The molecule has 2 aromatic carbocycles. The van der Waals surface area contributed by atoms with E-state index in [9.17, 15) is 18.5 Å². The highest BCUT2D eigenvalue weighted by atomic mass is 32.2. The van der Waals surface area contributed by atoms with E-state index in [2.05, 4.69) is 9.82 Å². The quantitative estimate of drug-likeness (QED) is 0.343. The number of nitrogens with zero attached hydrogens (tertiary/aromatic N) is 3.